The fraction of sp³-hybridized carbons (Fsp3) is 0.174. The van der Waals surface area contributed by atoms with Gasteiger partial charge in [-0.25, -0.2) is 17.7 Å². The van der Waals surface area contributed by atoms with Crippen molar-refractivity contribution in [3.63, 3.8) is 0 Å². The molecule has 11 heteroatoms. The summed E-state index contributed by atoms with van der Waals surface area (Å²) in [5.74, 6) is -1.97. The maximum absolute atomic E-state index is 13.4. The number of sulfonamides is 1. The van der Waals surface area contributed by atoms with Gasteiger partial charge in [-0.1, -0.05) is 18.2 Å². The second-order valence-electron chi connectivity index (χ2n) is 7.62. The number of benzene rings is 2. The van der Waals surface area contributed by atoms with Gasteiger partial charge in [0.15, 0.2) is 0 Å². The highest BCUT2D eigenvalue weighted by Gasteiger charge is 2.47. The SMILES string of the molecule is CC(=O)Nc1ccc(N2C(=O)CC(N(Cc3ccc(F)cc3)S(=O)(=O)c3cccs3)C2=O)cc1. The molecule has 0 saturated carbocycles. The number of amides is 3. The lowest BCUT2D eigenvalue weighted by Gasteiger charge is -2.26. The van der Waals surface area contributed by atoms with Gasteiger partial charge in [0.1, 0.15) is 16.1 Å². The van der Waals surface area contributed by atoms with Crippen LogP contribution in [0.5, 0.6) is 0 Å². The number of halogens is 1. The third kappa shape index (κ3) is 4.76. The van der Waals surface area contributed by atoms with Gasteiger partial charge in [-0.3, -0.25) is 14.4 Å². The first-order valence-corrected chi connectivity index (χ1v) is 12.5. The van der Waals surface area contributed by atoms with E-state index < -0.39 is 33.7 Å². The summed E-state index contributed by atoms with van der Waals surface area (Å²) in [5.41, 5.74) is 1.23. The molecule has 1 N–H and O–H groups in total. The number of thiophene rings is 1. The molecule has 176 valence electrons. The van der Waals surface area contributed by atoms with Crippen molar-refractivity contribution in [1.29, 1.82) is 0 Å². The number of rotatable bonds is 7. The van der Waals surface area contributed by atoms with Gasteiger partial charge in [0.05, 0.1) is 12.1 Å². The molecule has 0 spiro atoms. The van der Waals surface area contributed by atoms with E-state index in [4.69, 9.17) is 0 Å². The number of carbonyl (C=O) groups is 3. The van der Waals surface area contributed by atoms with Gasteiger partial charge < -0.3 is 5.32 Å². The topological polar surface area (TPSA) is 104 Å². The van der Waals surface area contributed by atoms with E-state index in [2.05, 4.69) is 5.32 Å². The van der Waals surface area contributed by atoms with Gasteiger partial charge in [-0.05, 0) is 53.4 Å². The third-order valence-corrected chi connectivity index (χ3v) is 8.45. The van der Waals surface area contributed by atoms with Crippen LogP contribution in [0.3, 0.4) is 0 Å². The van der Waals surface area contributed by atoms with Crippen LogP contribution in [0.1, 0.15) is 18.9 Å². The van der Waals surface area contributed by atoms with Crippen LogP contribution in [0.15, 0.2) is 70.3 Å². The van der Waals surface area contributed by atoms with Crippen molar-refractivity contribution in [2.75, 3.05) is 10.2 Å². The van der Waals surface area contributed by atoms with Gasteiger partial charge >= 0.3 is 0 Å². The molecule has 8 nitrogen and oxygen atoms in total. The van der Waals surface area contributed by atoms with Crippen LogP contribution in [0.2, 0.25) is 0 Å². The van der Waals surface area contributed by atoms with Crippen molar-refractivity contribution in [1.82, 2.24) is 4.31 Å². The highest BCUT2D eigenvalue weighted by atomic mass is 32.2. The predicted octanol–water partition coefficient (Wildman–Crippen LogP) is 3.37. The Labute approximate surface area is 199 Å². The molecule has 0 radical (unpaired) electrons. The highest BCUT2D eigenvalue weighted by Crippen LogP contribution is 2.32. The smallest absolute Gasteiger partial charge is 0.253 e. The summed E-state index contributed by atoms with van der Waals surface area (Å²) in [4.78, 5) is 38.4. The predicted molar refractivity (Wildman–Crippen MR) is 125 cm³/mol. The van der Waals surface area contributed by atoms with Gasteiger partial charge in [0.2, 0.25) is 11.8 Å². The van der Waals surface area contributed by atoms with E-state index >= 15 is 0 Å². The number of hydrogen-bond donors (Lipinski definition) is 1. The summed E-state index contributed by atoms with van der Waals surface area (Å²) in [6.45, 7) is 1.15. The van der Waals surface area contributed by atoms with Gasteiger partial charge in [0, 0.05) is 19.2 Å². The molecular formula is C23H20FN3O5S2. The molecule has 4 rings (SSSR count). The summed E-state index contributed by atoms with van der Waals surface area (Å²) in [7, 11) is -4.12. The fourth-order valence-corrected chi connectivity index (χ4v) is 6.36. The second kappa shape index (κ2) is 9.45. The average molecular weight is 502 g/mol. The van der Waals surface area contributed by atoms with Crippen LogP contribution in [0.25, 0.3) is 0 Å². The largest absolute Gasteiger partial charge is 0.326 e. The lowest BCUT2D eigenvalue weighted by atomic mass is 10.2. The van der Waals surface area contributed by atoms with Crippen molar-refractivity contribution in [2.45, 2.75) is 30.1 Å². The van der Waals surface area contributed by atoms with Crippen molar-refractivity contribution < 1.29 is 27.2 Å². The fourth-order valence-electron chi connectivity index (χ4n) is 3.67. The molecule has 1 aliphatic heterocycles. The Balaban J connectivity index is 1.67. The Hall–Kier alpha value is -3.41. The van der Waals surface area contributed by atoms with Crippen molar-refractivity contribution >= 4 is 50.5 Å². The summed E-state index contributed by atoms with van der Waals surface area (Å²) in [5, 5.41) is 4.20. The summed E-state index contributed by atoms with van der Waals surface area (Å²) in [6.07, 6.45) is -0.335. The lowest BCUT2D eigenvalue weighted by Crippen LogP contribution is -2.44. The Morgan fingerprint density at radius 3 is 2.38 bits per heavy atom. The molecule has 34 heavy (non-hydrogen) atoms. The van der Waals surface area contributed by atoms with Crippen molar-refractivity contribution in [3.8, 4) is 0 Å². The molecule has 1 fully saturated rings. The number of carbonyl (C=O) groups excluding carboxylic acids is 3. The van der Waals surface area contributed by atoms with E-state index in [1.807, 2.05) is 0 Å². The summed E-state index contributed by atoms with van der Waals surface area (Å²) < 4.78 is 41.3. The first kappa shape index (κ1) is 23.7. The number of nitrogens with one attached hydrogen (secondary N) is 1. The van der Waals surface area contributed by atoms with Crippen molar-refractivity contribution in [2.24, 2.45) is 0 Å². The Morgan fingerprint density at radius 2 is 1.79 bits per heavy atom. The van der Waals surface area contributed by atoms with E-state index in [0.717, 1.165) is 20.5 Å². The van der Waals surface area contributed by atoms with Crippen LogP contribution in [-0.2, 0) is 31.0 Å². The first-order chi connectivity index (χ1) is 16.2. The third-order valence-electron chi connectivity index (χ3n) is 5.23. The molecule has 1 saturated heterocycles. The van der Waals surface area contributed by atoms with Gasteiger partial charge in [-0.15, -0.1) is 11.3 Å². The number of nitrogens with zero attached hydrogens (tertiary/aromatic N) is 2. The molecule has 3 amide bonds. The normalized spacial score (nSPS) is 16.3. The first-order valence-electron chi connectivity index (χ1n) is 10.2. The molecule has 2 aromatic carbocycles. The average Bonchev–Trinajstić information content (AvgIpc) is 3.43. The lowest BCUT2D eigenvalue weighted by molar-refractivity contribution is -0.122. The molecule has 1 aromatic heterocycles. The Kier molecular flexibility index (Phi) is 6.60. The van der Waals surface area contributed by atoms with Crippen LogP contribution < -0.4 is 10.2 Å². The van der Waals surface area contributed by atoms with Crippen LogP contribution in [0.4, 0.5) is 15.8 Å². The minimum Gasteiger partial charge on any atom is -0.326 e. The van der Waals surface area contributed by atoms with E-state index in [9.17, 15) is 27.2 Å². The number of hydrogen-bond acceptors (Lipinski definition) is 6. The highest BCUT2D eigenvalue weighted by molar-refractivity contribution is 7.91. The molecule has 2 heterocycles. The Bertz CT molecular complexity index is 1320. The minimum atomic E-state index is -4.12. The quantitative estimate of drug-likeness (QED) is 0.500. The maximum Gasteiger partial charge on any atom is 0.253 e. The molecule has 3 aromatic rings. The van der Waals surface area contributed by atoms with Gasteiger partial charge in [0.25, 0.3) is 15.9 Å². The number of imide groups is 1. The second-order valence-corrected chi connectivity index (χ2v) is 10.7. The van der Waals surface area contributed by atoms with Gasteiger partial charge in [-0.2, -0.15) is 4.31 Å². The zero-order valence-electron chi connectivity index (χ0n) is 18.0. The Morgan fingerprint density at radius 1 is 1.12 bits per heavy atom. The zero-order chi connectivity index (χ0) is 24.5. The molecule has 1 aliphatic rings. The summed E-state index contributed by atoms with van der Waals surface area (Å²) >= 11 is 1.00. The minimum absolute atomic E-state index is 0.0352. The molecule has 0 bridgehead atoms. The van der Waals surface area contributed by atoms with Crippen LogP contribution in [0, 0.1) is 5.82 Å². The number of anilines is 2. The maximum atomic E-state index is 13.4. The molecule has 0 aliphatic carbocycles. The summed E-state index contributed by atoms with van der Waals surface area (Å²) in [6, 6.07) is 13.1. The van der Waals surface area contributed by atoms with Crippen molar-refractivity contribution in [3.05, 3.63) is 77.4 Å². The molecule has 1 unspecified atom stereocenters. The molecule has 1 atom stereocenters. The van der Waals surface area contributed by atoms with E-state index in [0.29, 0.717) is 11.3 Å². The monoisotopic (exact) mass is 501 g/mol. The van der Waals surface area contributed by atoms with Crippen LogP contribution in [-0.4, -0.2) is 36.5 Å². The van der Waals surface area contributed by atoms with E-state index in [1.54, 1.807) is 23.6 Å². The standard InChI is InChI=1S/C23H20FN3O5S2/c1-15(28)25-18-8-10-19(11-9-18)27-21(29)13-20(23(27)30)26(14-16-4-6-17(24)7-5-16)34(31,32)22-3-2-12-33-22/h2-12,20H,13-14H2,1H3,(H,25,28). The molecular weight excluding hydrogens is 481 g/mol. The van der Waals surface area contributed by atoms with Crippen LogP contribution >= 0.6 is 11.3 Å². The zero-order valence-corrected chi connectivity index (χ0v) is 19.6. The van der Waals surface area contributed by atoms with E-state index in [-0.39, 0.29) is 28.8 Å². The van der Waals surface area contributed by atoms with E-state index in [1.165, 1.54) is 49.4 Å².